The highest BCUT2D eigenvalue weighted by Crippen LogP contribution is 2.32. The van der Waals surface area contributed by atoms with Gasteiger partial charge in [-0.1, -0.05) is 12.1 Å². The molecule has 4 rings (SSSR count). The molecule has 1 aromatic carbocycles. The summed E-state index contributed by atoms with van der Waals surface area (Å²) in [6, 6.07) is 8.28. The lowest BCUT2D eigenvalue weighted by Gasteiger charge is -2.16. The van der Waals surface area contributed by atoms with E-state index in [9.17, 15) is 22.7 Å². The van der Waals surface area contributed by atoms with Gasteiger partial charge in [-0.25, -0.2) is 14.1 Å². The van der Waals surface area contributed by atoms with Gasteiger partial charge in [0.2, 0.25) is 0 Å². The van der Waals surface area contributed by atoms with Crippen molar-refractivity contribution in [3.05, 3.63) is 65.7 Å². The predicted octanol–water partition coefficient (Wildman–Crippen LogP) is 3.66. The Balaban J connectivity index is 1.77. The monoisotopic (exact) mass is 406 g/mol. The van der Waals surface area contributed by atoms with Gasteiger partial charge in [-0.2, -0.15) is 18.3 Å². The summed E-state index contributed by atoms with van der Waals surface area (Å²) >= 11 is 0. The highest BCUT2D eigenvalue weighted by Gasteiger charge is 2.31. The summed E-state index contributed by atoms with van der Waals surface area (Å²) in [7, 11) is 0. The molecule has 0 radical (unpaired) electrons. The van der Waals surface area contributed by atoms with E-state index in [0.29, 0.717) is 37.3 Å². The summed E-state index contributed by atoms with van der Waals surface area (Å²) in [5.74, 6) is -0.312. The molecule has 0 amide bonds. The number of halogens is 4. The largest absolute Gasteiger partial charge is 0.417 e. The van der Waals surface area contributed by atoms with Gasteiger partial charge in [-0.3, -0.25) is 4.90 Å². The van der Waals surface area contributed by atoms with E-state index >= 15 is 0 Å². The SMILES string of the molecule is OC1CCN(Cc2cnn(-c3ccc(C(F)(F)F)cn3)c2-c2ccccc2F)C1. The third-order valence-electron chi connectivity index (χ3n) is 4.91. The van der Waals surface area contributed by atoms with Crippen molar-refractivity contribution in [2.24, 2.45) is 0 Å². The second kappa shape index (κ2) is 7.57. The van der Waals surface area contributed by atoms with Crippen molar-refractivity contribution in [1.29, 1.82) is 0 Å². The Labute approximate surface area is 164 Å². The summed E-state index contributed by atoms with van der Waals surface area (Å²) in [5, 5.41) is 14.0. The lowest BCUT2D eigenvalue weighted by molar-refractivity contribution is -0.137. The number of hydrogen-bond donors (Lipinski definition) is 1. The number of nitrogens with zero attached hydrogens (tertiary/aromatic N) is 4. The predicted molar refractivity (Wildman–Crippen MR) is 97.7 cm³/mol. The fourth-order valence-corrected chi connectivity index (χ4v) is 3.49. The summed E-state index contributed by atoms with van der Waals surface area (Å²) in [6.07, 6.45) is -1.95. The molecule has 1 atom stereocenters. The van der Waals surface area contributed by atoms with E-state index in [4.69, 9.17) is 0 Å². The van der Waals surface area contributed by atoms with Gasteiger partial charge in [0.25, 0.3) is 0 Å². The molecule has 29 heavy (non-hydrogen) atoms. The highest BCUT2D eigenvalue weighted by molar-refractivity contribution is 5.66. The molecular formula is C20H18F4N4O. The molecule has 152 valence electrons. The zero-order valence-electron chi connectivity index (χ0n) is 15.3. The van der Waals surface area contributed by atoms with E-state index in [1.807, 2.05) is 4.90 Å². The molecule has 1 aliphatic heterocycles. The first-order valence-electron chi connectivity index (χ1n) is 9.09. The summed E-state index contributed by atoms with van der Waals surface area (Å²) < 4.78 is 54.4. The van der Waals surface area contributed by atoms with Crippen molar-refractivity contribution in [2.75, 3.05) is 13.1 Å². The minimum Gasteiger partial charge on any atom is -0.392 e. The van der Waals surface area contributed by atoms with E-state index in [-0.39, 0.29) is 11.4 Å². The number of pyridine rings is 1. The zero-order valence-corrected chi connectivity index (χ0v) is 15.3. The first kappa shape index (κ1) is 19.5. The number of rotatable bonds is 4. The minimum atomic E-state index is -4.49. The number of alkyl halides is 3. The lowest BCUT2D eigenvalue weighted by Crippen LogP contribution is -2.21. The molecule has 0 saturated carbocycles. The van der Waals surface area contributed by atoms with E-state index in [1.165, 1.54) is 16.8 Å². The van der Waals surface area contributed by atoms with Crippen molar-refractivity contribution in [2.45, 2.75) is 25.2 Å². The topological polar surface area (TPSA) is 54.2 Å². The maximum Gasteiger partial charge on any atom is 0.417 e. The van der Waals surface area contributed by atoms with Crippen molar-refractivity contribution < 1.29 is 22.7 Å². The fraction of sp³-hybridized carbons (Fsp3) is 0.300. The van der Waals surface area contributed by atoms with Gasteiger partial charge in [0.1, 0.15) is 5.82 Å². The van der Waals surface area contributed by atoms with Gasteiger partial charge in [0, 0.05) is 37.0 Å². The number of benzene rings is 1. The first-order chi connectivity index (χ1) is 13.8. The molecule has 0 bridgehead atoms. The van der Waals surface area contributed by atoms with Crippen LogP contribution in [-0.2, 0) is 12.7 Å². The molecule has 3 aromatic rings. The Kier molecular flexibility index (Phi) is 5.10. The van der Waals surface area contributed by atoms with Crippen LogP contribution in [-0.4, -0.2) is 44.0 Å². The molecule has 1 N–H and O–H groups in total. The second-order valence-electron chi connectivity index (χ2n) is 6.99. The van der Waals surface area contributed by atoms with Gasteiger partial charge in [0.15, 0.2) is 5.82 Å². The quantitative estimate of drug-likeness (QED) is 0.672. The minimum absolute atomic E-state index is 0.156. The standard InChI is InChI=1S/C20H18F4N4O/c21-17-4-2-1-3-16(17)19-13(11-27-8-7-15(29)12-27)9-26-28(19)18-6-5-14(10-25-18)20(22,23)24/h1-6,9-10,15,29H,7-8,11-12H2. The Morgan fingerprint density at radius 3 is 2.52 bits per heavy atom. The Hall–Kier alpha value is -2.78. The molecule has 9 heteroatoms. The number of aromatic nitrogens is 3. The van der Waals surface area contributed by atoms with Crippen LogP contribution in [0.5, 0.6) is 0 Å². The van der Waals surface area contributed by atoms with Crippen molar-refractivity contribution in [3.8, 4) is 17.1 Å². The van der Waals surface area contributed by atoms with Crippen LogP contribution < -0.4 is 0 Å². The van der Waals surface area contributed by atoms with E-state index < -0.39 is 23.7 Å². The Bertz CT molecular complexity index is 1000. The molecule has 0 aliphatic carbocycles. The van der Waals surface area contributed by atoms with Crippen LogP contribution in [0.1, 0.15) is 17.5 Å². The fourth-order valence-electron chi connectivity index (χ4n) is 3.49. The summed E-state index contributed by atoms with van der Waals surface area (Å²) in [5.41, 5.74) is 0.538. The van der Waals surface area contributed by atoms with E-state index in [2.05, 4.69) is 10.1 Å². The van der Waals surface area contributed by atoms with Crippen molar-refractivity contribution >= 4 is 0 Å². The summed E-state index contributed by atoms with van der Waals surface area (Å²) in [4.78, 5) is 5.92. The van der Waals surface area contributed by atoms with Crippen LogP contribution in [0.2, 0.25) is 0 Å². The van der Waals surface area contributed by atoms with Crippen LogP contribution in [0.3, 0.4) is 0 Å². The number of β-amino-alcohol motifs (C(OH)–C–C–N with tert-alkyl or cyclic N) is 1. The third kappa shape index (κ3) is 4.01. The molecular weight excluding hydrogens is 388 g/mol. The molecule has 3 heterocycles. The van der Waals surface area contributed by atoms with E-state index in [1.54, 1.807) is 24.4 Å². The highest BCUT2D eigenvalue weighted by atomic mass is 19.4. The average Bonchev–Trinajstić information content (AvgIpc) is 3.28. The van der Waals surface area contributed by atoms with Crippen molar-refractivity contribution in [3.63, 3.8) is 0 Å². The van der Waals surface area contributed by atoms with Crippen LogP contribution in [0.25, 0.3) is 17.1 Å². The maximum absolute atomic E-state index is 14.6. The first-order valence-corrected chi connectivity index (χ1v) is 9.09. The zero-order chi connectivity index (χ0) is 20.6. The maximum atomic E-state index is 14.6. The molecule has 0 spiro atoms. The smallest absolute Gasteiger partial charge is 0.392 e. The number of aliphatic hydroxyl groups excluding tert-OH is 1. The van der Waals surface area contributed by atoms with Crippen LogP contribution >= 0.6 is 0 Å². The van der Waals surface area contributed by atoms with Crippen LogP contribution in [0.15, 0.2) is 48.8 Å². The molecule has 2 aromatic heterocycles. The van der Waals surface area contributed by atoms with Gasteiger partial charge in [0.05, 0.1) is 23.6 Å². The van der Waals surface area contributed by atoms with Gasteiger partial charge < -0.3 is 5.11 Å². The number of aliphatic hydroxyl groups is 1. The third-order valence-corrected chi connectivity index (χ3v) is 4.91. The van der Waals surface area contributed by atoms with Gasteiger partial charge in [-0.15, -0.1) is 0 Å². The lowest BCUT2D eigenvalue weighted by atomic mass is 10.1. The molecule has 1 unspecified atom stereocenters. The Morgan fingerprint density at radius 2 is 1.90 bits per heavy atom. The molecule has 1 fully saturated rings. The number of likely N-dealkylation sites (tertiary alicyclic amines) is 1. The second-order valence-corrected chi connectivity index (χ2v) is 6.99. The summed E-state index contributed by atoms with van der Waals surface area (Å²) in [6.45, 7) is 1.63. The van der Waals surface area contributed by atoms with Crippen LogP contribution in [0, 0.1) is 5.82 Å². The molecule has 1 saturated heterocycles. The van der Waals surface area contributed by atoms with Gasteiger partial charge in [-0.05, 0) is 30.7 Å². The van der Waals surface area contributed by atoms with Crippen LogP contribution in [0.4, 0.5) is 17.6 Å². The van der Waals surface area contributed by atoms with Crippen molar-refractivity contribution in [1.82, 2.24) is 19.7 Å². The molecule has 1 aliphatic rings. The van der Waals surface area contributed by atoms with Gasteiger partial charge >= 0.3 is 6.18 Å². The number of hydrogen-bond acceptors (Lipinski definition) is 4. The Morgan fingerprint density at radius 1 is 1.10 bits per heavy atom. The average molecular weight is 406 g/mol. The molecule has 5 nitrogen and oxygen atoms in total. The normalized spacial score (nSPS) is 17.8. The van der Waals surface area contributed by atoms with E-state index in [0.717, 1.165) is 12.3 Å².